The maximum absolute atomic E-state index is 6.00. The lowest BCUT2D eigenvalue weighted by molar-refractivity contribution is 0.0984. The Balaban J connectivity index is 2.22. The van der Waals surface area contributed by atoms with Gasteiger partial charge in [0.1, 0.15) is 0 Å². The van der Waals surface area contributed by atoms with Gasteiger partial charge in [0.15, 0.2) is 0 Å². The van der Waals surface area contributed by atoms with E-state index in [0.717, 1.165) is 10.9 Å². The molecule has 0 radical (unpaired) electrons. The van der Waals surface area contributed by atoms with E-state index >= 15 is 0 Å². The van der Waals surface area contributed by atoms with Crippen molar-refractivity contribution in [3.05, 3.63) is 34.3 Å². The van der Waals surface area contributed by atoms with E-state index in [4.69, 9.17) is 5.73 Å². The Morgan fingerprint density at radius 1 is 1.29 bits per heavy atom. The van der Waals surface area contributed by atoms with Gasteiger partial charge in [-0.1, -0.05) is 41.9 Å². The van der Waals surface area contributed by atoms with Crippen LogP contribution in [0.1, 0.15) is 31.7 Å². The van der Waals surface area contributed by atoms with Gasteiger partial charge in [-0.2, -0.15) is 0 Å². The Kier molecular flexibility index (Phi) is 2.44. The number of rotatable bonds is 1. The summed E-state index contributed by atoms with van der Waals surface area (Å²) in [7, 11) is 0. The Labute approximate surface area is 93.8 Å². The monoisotopic (exact) mass is 253 g/mol. The highest BCUT2D eigenvalue weighted by molar-refractivity contribution is 9.10. The maximum atomic E-state index is 6.00. The summed E-state index contributed by atoms with van der Waals surface area (Å²) in [5.41, 5.74) is 7.68. The average Bonchev–Trinajstić information content (AvgIpc) is 2.16. The third-order valence-electron chi connectivity index (χ3n) is 3.62. The van der Waals surface area contributed by atoms with Crippen LogP contribution in [-0.2, 0) is 0 Å². The number of hydrogen-bond donors (Lipinski definition) is 1. The van der Waals surface area contributed by atoms with Crippen LogP contribution >= 0.6 is 15.9 Å². The molecule has 76 valence electrons. The molecule has 0 aromatic heterocycles. The van der Waals surface area contributed by atoms with Crippen LogP contribution in [0.25, 0.3) is 0 Å². The fourth-order valence-electron chi connectivity index (χ4n) is 2.22. The molecular formula is C12H16BrN. The normalized spacial score (nSPS) is 29.7. The Morgan fingerprint density at radius 3 is 2.29 bits per heavy atom. The molecule has 1 aromatic rings. The third kappa shape index (κ3) is 1.51. The zero-order valence-corrected chi connectivity index (χ0v) is 10.2. The molecule has 0 amide bonds. The molecule has 0 heterocycles. The van der Waals surface area contributed by atoms with Gasteiger partial charge in [0.2, 0.25) is 0 Å². The lowest BCUT2D eigenvalue weighted by Crippen LogP contribution is -2.52. The van der Waals surface area contributed by atoms with Gasteiger partial charge >= 0.3 is 0 Å². The van der Waals surface area contributed by atoms with Crippen LogP contribution in [0.3, 0.4) is 0 Å². The minimum Gasteiger partial charge on any atom is -0.327 e. The number of halogens is 1. The molecule has 2 unspecified atom stereocenters. The van der Waals surface area contributed by atoms with E-state index in [0.29, 0.717) is 12.0 Å². The molecule has 14 heavy (non-hydrogen) atoms. The average molecular weight is 254 g/mol. The second-order valence-corrected chi connectivity index (χ2v) is 5.68. The van der Waals surface area contributed by atoms with Crippen molar-refractivity contribution in [2.75, 3.05) is 0 Å². The number of nitrogens with two attached hydrogens (primary N) is 1. The molecule has 0 spiro atoms. The van der Waals surface area contributed by atoms with Crippen molar-refractivity contribution < 1.29 is 0 Å². The minimum atomic E-state index is 0.258. The SMILES string of the molecule is CC1(C)C(N)CC1c1ccc(Br)cc1. The second-order valence-electron chi connectivity index (χ2n) is 4.77. The minimum absolute atomic E-state index is 0.258. The number of benzene rings is 1. The second kappa shape index (κ2) is 3.35. The molecule has 2 atom stereocenters. The van der Waals surface area contributed by atoms with E-state index in [9.17, 15) is 0 Å². The lowest BCUT2D eigenvalue weighted by atomic mass is 9.57. The van der Waals surface area contributed by atoms with Gasteiger partial charge in [-0.3, -0.25) is 0 Å². The highest BCUT2D eigenvalue weighted by Gasteiger charge is 2.46. The van der Waals surface area contributed by atoms with E-state index in [1.54, 1.807) is 0 Å². The summed E-state index contributed by atoms with van der Waals surface area (Å²) in [6.07, 6.45) is 1.12. The molecule has 2 N–H and O–H groups in total. The van der Waals surface area contributed by atoms with E-state index in [2.05, 4.69) is 54.0 Å². The molecule has 2 rings (SSSR count). The van der Waals surface area contributed by atoms with Gasteiger partial charge in [0.25, 0.3) is 0 Å². The standard InChI is InChI=1S/C12H16BrN/c1-12(2)10(7-11(12)14)8-3-5-9(13)6-4-8/h3-6,10-11H,7,14H2,1-2H3. The molecule has 1 fully saturated rings. The van der Waals surface area contributed by atoms with E-state index in [1.807, 2.05) is 0 Å². The fraction of sp³-hybridized carbons (Fsp3) is 0.500. The van der Waals surface area contributed by atoms with Crippen molar-refractivity contribution in [1.82, 2.24) is 0 Å². The first-order valence-electron chi connectivity index (χ1n) is 5.03. The van der Waals surface area contributed by atoms with Gasteiger partial charge in [0.05, 0.1) is 0 Å². The molecule has 0 bridgehead atoms. The van der Waals surface area contributed by atoms with E-state index in [1.165, 1.54) is 5.56 Å². The summed E-state index contributed by atoms with van der Waals surface area (Å²) in [6, 6.07) is 8.96. The predicted octanol–water partition coefficient (Wildman–Crippen LogP) is 3.29. The Bertz CT molecular complexity index is 329. The molecule has 0 aliphatic heterocycles. The molecule has 1 saturated carbocycles. The third-order valence-corrected chi connectivity index (χ3v) is 4.14. The van der Waals surface area contributed by atoms with Gasteiger partial charge in [-0.05, 0) is 35.4 Å². The van der Waals surface area contributed by atoms with E-state index in [-0.39, 0.29) is 5.41 Å². The largest absolute Gasteiger partial charge is 0.327 e. The van der Waals surface area contributed by atoms with Crippen molar-refractivity contribution in [1.29, 1.82) is 0 Å². The lowest BCUT2D eigenvalue weighted by Gasteiger charge is -2.50. The molecule has 1 nitrogen and oxygen atoms in total. The highest BCUT2D eigenvalue weighted by Crippen LogP contribution is 2.51. The van der Waals surface area contributed by atoms with Crippen LogP contribution in [0.2, 0.25) is 0 Å². The van der Waals surface area contributed by atoms with Gasteiger partial charge < -0.3 is 5.73 Å². The first-order valence-corrected chi connectivity index (χ1v) is 5.82. The molecule has 2 heteroatoms. The summed E-state index contributed by atoms with van der Waals surface area (Å²) in [6.45, 7) is 4.52. The molecular weight excluding hydrogens is 238 g/mol. The molecule has 1 aliphatic carbocycles. The van der Waals surface area contributed by atoms with Crippen LogP contribution in [0.5, 0.6) is 0 Å². The van der Waals surface area contributed by atoms with Crippen LogP contribution in [-0.4, -0.2) is 6.04 Å². The van der Waals surface area contributed by atoms with E-state index < -0.39 is 0 Å². The van der Waals surface area contributed by atoms with Crippen molar-refractivity contribution in [3.63, 3.8) is 0 Å². The van der Waals surface area contributed by atoms with Crippen LogP contribution < -0.4 is 5.73 Å². The van der Waals surface area contributed by atoms with Crippen LogP contribution in [0.4, 0.5) is 0 Å². The summed E-state index contributed by atoms with van der Waals surface area (Å²) < 4.78 is 1.14. The van der Waals surface area contributed by atoms with Crippen molar-refractivity contribution in [2.24, 2.45) is 11.1 Å². The first kappa shape index (κ1) is 10.2. The van der Waals surface area contributed by atoms with Crippen molar-refractivity contribution >= 4 is 15.9 Å². The summed E-state index contributed by atoms with van der Waals surface area (Å²) >= 11 is 3.45. The van der Waals surface area contributed by atoms with Gasteiger partial charge in [-0.25, -0.2) is 0 Å². The molecule has 1 aromatic carbocycles. The van der Waals surface area contributed by atoms with Crippen LogP contribution in [0.15, 0.2) is 28.7 Å². The van der Waals surface area contributed by atoms with Crippen molar-refractivity contribution in [2.45, 2.75) is 32.2 Å². The maximum Gasteiger partial charge on any atom is 0.0175 e. The smallest absolute Gasteiger partial charge is 0.0175 e. The first-order chi connectivity index (χ1) is 6.51. The zero-order valence-electron chi connectivity index (χ0n) is 8.63. The summed E-state index contributed by atoms with van der Waals surface area (Å²) in [4.78, 5) is 0. The van der Waals surface area contributed by atoms with Crippen LogP contribution in [0, 0.1) is 5.41 Å². The summed E-state index contributed by atoms with van der Waals surface area (Å²) in [5, 5.41) is 0. The Morgan fingerprint density at radius 2 is 1.86 bits per heavy atom. The molecule has 1 aliphatic rings. The van der Waals surface area contributed by atoms with Crippen molar-refractivity contribution in [3.8, 4) is 0 Å². The summed E-state index contributed by atoms with van der Waals surface area (Å²) in [5.74, 6) is 0.630. The fourth-order valence-corrected chi connectivity index (χ4v) is 2.48. The van der Waals surface area contributed by atoms with Gasteiger partial charge in [0, 0.05) is 10.5 Å². The zero-order chi connectivity index (χ0) is 10.3. The highest BCUT2D eigenvalue weighted by atomic mass is 79.9. The quantitative estimate of drug-likeness (QED) is 0.817. The molecule has 0 saturated heterocycles. The Hall–Kier alpha value is -0.340. The topological polar surface area (TPSA) is 26.0 Å². The predicted molar refractivity (Wildman–Crippen MR) is 63.3 cm³/mol. The number of hydrogen-bond acceptors (Lipinski definition) is 1. The van der Waals surface area contributed by atoms with Gasteiger partial charge in [-0.15, -0.1) is 0 Å².